The fourth-order valence-corrected chi connectivity index (χ4v) is 0.838. The van der Waals surface area contributed by atoms with Gasteiger partial charge in [0.15, 0.2) is 5.78 Å². The Kier molecular flexibility index (Phi) is 2.58. The molecule has 0 unspecified atom stereocenters. The zero-order valence-electron chi connectivity index (χ0n) is 7.61. The number of ketones is 1. The van der Waals surface area contributed by atoms with Gasteiger partial charge in [0, 0.05) is 12.5 Å². The Morgan fingerprint density at radius 2 is 2.33 bits per heavy atom. The van der Waals surface area contributed by atoms with E-state index in [-0.39, 0.29) is 11.8 Å². The minimum atomic E-state index is 0.0434. The molecule has 0 bridgehead atoms. The molecule has 1 aromatic rings. The van der Waals surface area contributed by atoms with Crippen molar-refractivity contribution in [3.8, 4) is 0 Å². The Hall–Kier alpha value is -1.19. The third-order valence-corrected chi connectivity index (χ3v) is 1.65. The highest BCUT2D eigenvalue weighted by molar-refractivity contribution is 5.93. The van der Waals surface area contributed by atoms with Crippen LogP contribution in [0.15, 0.2) is 6.20 Å². The van der Waals surface area contributed by atoms with Crippen LogP contribution >= 0.6 is 0 Å². The third-order valence-electron chi connectivity index (χ3n) is 1.65. The molecule has 66 valence electrons. The summed E-state index contributed by atoms with van der Waals surface area (Å²) >= 11 is 0. The number of carbonyl (C=O) groups is 1. The summed E-state index contributed by atoms with van der Waals surface area (Å²) < 4.78 is 1.68. The van der Waals surface area contributed by atoms with Crippen LogP contribution in [0.5, 0.6) is 0 Å². The van der Waals surface area contributed by atoms with Gasteiger partial charge in [-0.15, -0.1) is 5.10 Å². The average Bonchev–Trinajstić information content (AvgIpc) is 2.51. The minimum Gasteiger partial charge on any atom is -0.292 e. The fraction of sp³-hybridized carbons (Fsp3) is 0.625. The molecular weight excluding hydrogens is 154 g/mol. The van der Waals surface area contributed by atoms with Crippen LogP contribution in [0.25, 0.3) is 0 Å². The van der Waals surface area contributed by atoms with E-state index in [9.17, 15) is 4.79 Å². The molecule has 1 rings (SSSR count). The van der Waals surface area contributed by atoms with Gasteiger partial charge in [-0.2, -0.15) is 0 Å². The van der Waals surface area contributed by atoms with Gasteiger partial charge in [0.1, 0.15) is 5.69 Å². The summed E-state index contributed by atoms with van der Waals surface area (Å²) in [6.45, 7) is 5.81. The van der Waals surface area contributed by atoms with Crippen molar-refractivity contribution in [2.24, 2.45) is 0 Å². The Morgan fingerprint density at radius 3 is 2.75 bits per heavy atom. The standard InChI is InChI=1S/C8H13N3O/c1-4-8(12)7-5-11(6(2)3)10-9-7/h5-6H,4H2,1-3H3. The molecule has 0 aliphatic rings. The van der Waals surface area contributed by atoms with Crippen LogP contribution in [0.3, 0.4) is 0 Å². The van der Waals surface area contributed by atoms with Gasteiger partial charge in [-0.25, -0.2) is 4.68 Å². The molecule has 4 heteroatoms. The molecule has 0 atom stereocenters. The molecule has 0 radical (unpaired) electrons. The van der Waals surface area contributed by atoms with E-state index in [2.05, 4.69) is 10.3 Å². The lowest BCUT2D eigenvalue weighted by Crippen LogP contribution is -2.00. The summed E-state index contributed by atoms with van der Waals surface area (Å²) in [5, 5.41) is 7.60. The minimum absolute atomic E-state index is 0.0434. The van der Waals surface area contributed by atoms with Crippen LogP contribution in [0.2, 0.25) is 0 Å². The summed E-state index contributed by atoms with van der Waals surface area (Å²) in [6.07, 6.45) is 2.17. The number of Topliss-reactive ketones (excluding diaryl/α,β-unsaturated/α-hetero) is 1. The first-order valence-electron chi connectivity index (χ1n) is 4.10. The number of hydrogen-bond donors (Lipinski definition) is 0. The molecular formula is C8H13N3O. The number of aromatic nitrogens is 3. The maximum absolute atomic E-state index is 11.1. The first-order valence-corrected chi connectivity index (χ1v) is 4.10. The molecule has 12 heavy (non-hydrogen) atoms. The highest BCUT2D eigenvalue weighted by atomic mass is 16.1. The van der Waals surface area contributed by atoms with Gasteiger partial charge in [-0.3, -0.25) is 4.79 Å². The van der Waals surface area contributed by atoms with Crippen molar-refractivity contribution >= 4 is 5.78 Å². The molecule has 1 heterocycles. The van der Waals surface area contributed by atoms with Gasteiger partial charge in [-0.05, 0) is 13.8 Å². The molecule has 0 aromatic carbocycles. The van der Waals surface area contributed by atoms with Crippen molar-refractivity contribution in [3.63, 3.8) is 0 Å². The summed E-state index contributed by atoms with van der Waals surface area (Å²) in [6, 6.07) is 0.260. The highest BCUT2D eigenvalue weighted by Crippen LogP contribution is 2.03. The zero-order chi connectivity index (χ0) is 9.14. The van der Waals surface area contributed by atoms with Crippen molar-refractivity contribution < 1.29 is 4.79 Å². The van der Waals surface area contributed by atoms with Gasteiger partial charge in [0.25, 0.3) is 0 Å². The average molecular weight is 167 g/mol. The molecule has 0 spiro atoms. The van der Waals surface area contributed by atoms with Crippen molar-refractivity contribution in [2.45, 2.75) is 33.2 Å². The fourth-order valence-electron chi connectivity index (χ4n) is 0.838. The Labute approximate surface area is 71.6 Å². The molecule has 0 saturated carbocycles. The van der Waals surface area contributed by atoms with E-state index in [1.54, 1.807) is 10.9 Å². The molecule has 0 amide bonds. The van der Waals surface area contributed by atoms with Gasteiger partial charge >= 0.3 is 0 Å². The summed E-state index contributed by atoms with van der Waals surface area (Å²) in [7, 11) is 0. The van der Waals surface area contributed by atoms with E-state index in [0.29, 0.717) is 12.1 Å². The van der Waals surface area contributed by atoms with Crippen molar-refractivity contribution in [2.75, 3.05) is 0 Å². The Balaban J connectivity index is 2.84. The first kappa shape index (κ1) is 8.90. The number of hydrogen-bond acceptors (Lipinski definition) is 3. The Morgan fingerprint density at radius 1 is 1.67 bits per heavy atom. The molecule has 4 nitrogen and oxygen atoms in total. The second-order valence-electron chi connectivity index (χ2n) is 2.95. The zero-order valence-corrected chi connectivity index (χ0v) is 7.61. The predicted molar refractivity (Wildman–Crippen MR) is 45.0 cm³/mol. The number of carbonyl (C=O) groups excluding carboxylic acids is 1. The number of rotatable bonds is 3. The van der Waals surface area contributed by atoms with Crippen molar-refractivity contribution in [1.82, 2.24) is 15.0 Å². The second kappa shape index (κ2) is 3.47. The van der Waals surface area contributed by atoms with Gasteiger partial charge in [-0.1, -0.05) is 12.1 Å². The van der Waals surface area contributed by atoms with E-state index >= 15 is 0 Å². The largest absolute Gasteiger partial charge is 0.292 e. The van der Waals surface area contributed by atoms with Crippen molar-refractivity contribution in [3.05, 3.63) is 11.9 Å². The maximum Gasteiger partial charge on any atom is 0.184 e. The second-order valence-corrected chi connectivity index (χ2v) is 2.95. The normalized spacial score (nSPS) is 10.7. The molecule has 0 aliphatic carbocycles. The number of nitrogens with zero attached hydrogens (tertiary/aromatic N) is 3. The van der Waals surface area contributed by atoms with E-state index in [0.717, 1.165) is 0 Å². The summed E-state index contributed by atoms with van der Waals surface area (Å²) in [4.78, 5) is 11.1. The molecule has 0 fully saturated rings. The SMILES string of the molecule is CCC(=O)c1cn(C(C)C)nn1. The van der Waals surface area contributed by atoms with Gasteiger partial charge in [0.05, 0.1) is 6.20 Å². The van der Waals surface area contributed by atoms with Crippen LogP contribution in [-0.4, -0.2) is 20.8 Å². The molecule has 1 aromatic heterocycles. The van der Waals surface area contributed by atoms with Gasteiger partial charge < -0.3 is 0 Å². The lowest BCUT2D eigenvalue weighted by molar-refractivity contribution is 0.0983. The third kappa shape index (κ3) is 1.69. The predicted octanol–water partition coefficient (Wildman–Crippen LogP) is 1.45. The lowest BCUT2D eigenvalue weighted by Gasteiger charge is -2.00. The maximum atomic E-state index is 11.1. The smallest absolute Gasteiger partial charge is 0.184 e. The van der Waals surface area contributed by atoms with Crippen LogP contribution in [0, 0.1) is 0 Å². The quantitative estimate of drug-likeness (QED) is 0.640. The van der Waals surface area contributed by atoms with Crippen LogP contribution in [0.1, 0.15) is 43.7 Å². The van der Waals surface area contributed by atoms with E-state index < -0.39 is 0 Å². The summed E-state index contributed by atoms with van der Waals surface area (Å²) in [5.74, 6) is 0.0434. The first-order chi connectivity index (χ1) is 5.65. The van der Waals surface area contributed by atoms with E-state index in [1.807, 2.05) is 20.8 Å². The van der Waals surface area contributed by atoms with Crippen LogP contribution < -0.4 is 0 Å². The molecule has 0 aliphatic heterocycles. The lowest BCUT2D eigenvalue weighted by atomic mass is 10.2. The van der Waals surface area contributed by atoms with Crippen LogP contribution in [0.4, 0.5) is 0 Å². The van der Waals surface area contributed by atoms with Crippen molar-refractivity contribution in [1.29, 1.82) is 0 Å². The topological polar surface area (TPSA) is 47.8 Å². The van der Waals surface area contributed by atoms with Gasteiger partial charge in [0.2, 0.25) is 0 Å². The summed E-state index contributed by atoms with van der Waals surface area (Å²) in [5.41, 5.74) is 0.464. The Bertz CT molecular complexity index is 278. The molecule has 0 saturated heterocycles. The van der Waals surface area contributed by atoms with E-state index in [4.69, 9.17) is 0 Å². The van der Waals surface area contributed by atoms with Crippen LogP contribution in [-0.2, 0) is 0 Å². The highest BCUT2D eigenvalue weighted by Gasteiger charge is 2.08. The monoisotopic (exact) mass is 167 g/mol. The van der Waals surface area contributed by atoms with E-state index in [1.165, 1.54) is 0 Å². The molecule has 0 N–H and O–H groups in total.